The Morgan fingerprint density at radius 1 is 1.62 bits per heavy atom. The van der Waals surface area contributed by atoms with E-state index in [2.05, 4.69) is 0 Å². The zero-order valence-electron chi connectivity index (χ0n) is 5.23. The molecule has 46 valence electrons. The summed E-state index contributed by atoms with van der Waals surface area (Å²) in [6.45, 7) is 3.67. The minimum atomic E-state index is -1.34. The van der Waals surface area contributed by atoms with Gasteiger partial charge < -0.3 is 4.74 Å². The van der Waals surface area contributed by atoms with Crippen molar-refractivity contribution < 1.29 is 9.13 Å². The Bertz CT molecular complexity index is 48.4. The Morgan fingerprint density at radius 2 is 2.12 bits per heavy atom. The van der Waals surface area contributed by atoms with Gasteiger partial charge in [0.2, 0.25) is 0 Å². The number of alkyl halides is 1. The average molecular weight is 116 g/mol. The summed E-state index contributed by atoms with van der Waals surface area (Å²) in [5.74, 6) is 0. The molecule has 0 saturated carbocycles. The molecule has 0 N–H and O–H groups in total. The molecule has 0 heterocycles. The Balaban J connectivity index is 2.93. The van der Waals surface area contributed by atoms with Crippen LogP contribution >= 0.6 is 0 Å². The van der Waals surface area contributed by atoms with Crippen LogP contribution in [0.4, 0.5) is 4.39 Å². The van der Waals surface area contributed by atoms with E-state index in [9.17, 15) is 4.39 Å². The monoisotopic (exact) mass is 116 g/mol. The minimum absolute atomic E-state index is 0.00231. The largest absolute Gasteiger partial charge is 0.377 e. The second-order valence-electron chi connectivity index (χ2n) is 1.90. The molecule has 0 aliphatic heterocycles. The van der Waals surface area contributed by atoms with E-state index >= 15 is 0 Å². The molecule has 0 aromatic carbocycles. The van der Waals surface area contributed by atoms with E-state index in [1.54, 1.807) is 0 Å². The van der Waals surface area contributed by atoms with Crippen LogP contribution in [0.3, 0.4) is 0 Å². The van der Waals surface area contributed by atoms with Crippen molar-refractivity contribution >= 4 is 7.85 Å². The third-order valence-electron chi connectivity index (χ3n) is 0.589. The molecule has 0 aliphatic rings. The number of halogens is 1. The number of hydrogen-bond donors (Lipinski definition) is 0. The highest BCUT2D eigenvalue weighted by atomic mass is 19.1. The summed E-state index contributed by atoms with van der Waals surface area (Å²) in [7, 11) is 4.75. The van der Waals surface area contributed by atoms with Crippen molar-refractivity contribution in [1.29, 1.82) is 0 Å². The lowest BCUT2D eigenvalue weighted by molar-refractivity contribution is 0.0585. The fourth-order valence-electron chi connectivity index (χ4n) is 0.284. The van der Waals surface area contributed by atoms with E-state index in [1.807, 2.05) is 13.8 Å². The van der Waals surface area contributed by atoms with Crippen molar-refractivity contribution in [2.45, 2.75) is 26.0 Å². The maximum absolute atomic E-state index is 11.7. The molecule has 0 saturated heterocycles. The van der Waals surface area contributed by atoms with Crippen LogP contribution in [0.15, 0.2) is 0 Å². The van der Waals surface area contributed by atoms with E-state index in [0.717, 1.165) is 0 Å². The van der Waals surface area contributed by atoms with Crippen LogP contribution in [0, 0.1) is 0 Å². The highest BCUT2D eigenvalue weighted by molar-refractivity contribution is 6.10. The molecule has 1 atom stereocenters. The fraction of sp³-hybridized carbons (Fsp3) is 1.00. The number of rotatable bonds is 3. The fourth-order valence-corrected chi connectivity index (χ4v) is 0.284. The molecule has 0 bridgehead atoms. The van der Waals surface area contributed by atoms with Gasteiger partial charge in [-0.1, -0.05) is 0 Å². The van der Waals surface area contributed by atoms with Crippen LogP contribution in [0.5, 0.6) is 0 Å². The van der Waals surface area contributed by atoms with Crippen molar-refractivity contribution in [2.75, 3.05) is 6.61 Å². The predicted octanol–water partition coefficient (Wildman–Crippen LogP) is 0.875. The van der Waals surface area contributed by atoms with E-state index in [-0.39, 0.29) is 12.7 Å². The van der Waals surface area contributed by atoms with Gasteiger partial charge in [-0.2, -0.15) is 0 Å². The van der Waals surface area contributed by atoms with Crippen molar-refractivity contribution in [3.63, 3.8) is 0 Å². The van der Waals surface area contributed by atoms with Gasteiger partial charge in [-0.15, -0.1) is 0 Å². The molecule has 8 heavy (non-hydrogen) atoms. The van der Waals surface area contributed by atoms with Gasteiger partial charge in [0.15, 0.2) is 0 Å². The third kappa shape index (κ3) is 5.95. The number of ether oxygens (including phenoxy) is 1. The molecule has 0 aromatic rings. The molecule has 3 heteroatoms. The van der Waals surface area contributed by atoms with Gasteiger partial charge >= 0.3 is 0 Å². The molecule has 2 radical (unpaired) electrons. The molecule has 0 fully saturated rings. The SMILES string of the molecule is [B]C(F)COC(C)C. The van der Waals surface area contributed by atoms with Gasteiger partial charge in [-0.3, -0.25) is 4.39 Å². The Labute approximate surface area is 50.6 Å². The lowest BCUT2D eigenvalue weighted by Gasteiger charge is -2.06. The van der Waals surface area contributed by atoms with Crippen LogP contribution < -0.4 is 0 Å². The zero-order valence-corrected chi connectivity index (χ0v) is 5.23. The van der Waals surface area contributed by atoms with Crippen LogP contribution in [0.2, 0.25) is 0 Å². The molecule has 0 aromatic heterocycles. The first-order valence-electron chi connectivity index (χ1n) is 2.64. The predicted molar refractivity (Wildman–Crippen MR) is 31.7 cm³/mol. The summed E-state index contributed by atoms with van der Waals surface area (Å²) in [5, 5.41) is 0. The summed E-state index contributed by atoms with van der Waals surface area (Å²) >= 11 is 0. The number of hydrogen-bond acceptors (Lipinski definition) is 1. The molecule has 0 spiro atoms. The van der Waals surface area contributed by atoms with Gasteiger partial charge in [0.05, 0.1) is 18.8 Å². The molecule has 1 nitrogen and oxygen atoms in total. The summed E-state index contributed by atoms with van der Waals surface area (Å²) in [4.78, 5) is 0. The Morgan fingerprint density at radius 3 is 2.25 bits per heavy atom. The Hall–Kier alpha value is -0.0451. The van der Waals surface area contributed by atoms with E-state index < -0.39 is 6.07 Å². The summed E-state index contributed by atoms with van der Waals surface area (Å²) < 4.78 is 16.5. The first kappa shape index (κ1) is 7.95. The van der Waals surface area contributed by atoms with Crippen LogP contribution in [-0.2, 0) is 4.74 Å². The van der Waals surface area contributed by atoms with Crippen molar-refractivity contribution in [1.82, 2.24) is 0 Å². The van der Waals surface area contributed by atoms with Crippen molar-refractivity contribution in [3.8, 4) is 0 Å². The average Bonchev–Trinajstić information content (AvgIpc) is 1.61. The van der Waals surface area contributed by atoms with E-state index in [1.165, 1.54) is 0 Å². The zero-order chi connectivity index (χ0) is 6.57. The van der Waals surface area contributed by atoms with Crippen LogP contribution in [0.1, 0.15) is 13.8 Å². The summed E-state index contributed by atoms with van der Waals surface area (Å²) in [5.41, 5.74) is 0. The van der Waals surface area contributed by atoms with Crippen molar-refractivity contribution in [2.24, 2.45) is 0 Å². The topological polar surface area (TPSA) is 9.23 Å². The first-order chi connectivity index (χ1) is 3.63. The van der Waals surface area contributed by atoms with Crippen molar-refractivity contribution in [3.05, 3.63) is 0 Å². The van der Waals surface area contributed by atoms with Gasteiger partial charge in [0.1, 0.15) is 7.85 Å². The maximum Gasteiger partial charge on any atom is 0.119 e. The second-order valence-corrected chi connectivity index (χ2v) is 1.90. The van der Waals surface area contributed by atoms with Gasteiger partial charge in [0, 0.05) is 0 Å². The van der Waals surface area contributed by atoms with Gasteiger partial charge in [-0.05, 0) is 13.8 Å². The lowest BCUT2D eigenvalue weighted by Crippen LogP contribution is -2.13. The Kier molecular flexibility index (Phi) is 3.88. The van der Waals surface area contributed by atoms with Crippen LogP contribution in [0.25, 0.3) is 0 Å². The molecular formula is C5H10BFO. The normalized spacial score (nSPS) is 14.5. The smallest absolute Gasteiger partial charge is 0.119 e. The molecular weight excluding hydrogens is 106 g/mol. The van der Waals surface area contributed by atoms with Crippen LogP contribution in [-0.4, -0.2) is 26.6 Å². The second kappa shape index (κ2) is 3.90. The summed E-state index contributed by atoms with van der Waals surface area (Å²) in [6.07, 6.45) is -1.27. The first-order valence-corrected chi connectivity index (χ1v) is 2.64. The highest BCUT2D eigenvalue weighted by Crippen LogP contribution is 1.90. The highest BCUT2D eigenvalue weighted by Gasteiger charge is 1.97. The van der Waals surface area contributed by atoms with Gasteiger partial charge in [-0.25, -0.2) is 0 Å². The van der Waals surface area contributed by atoms with Gasteiger partial charge in [0.25, 0.3) is 0 Å². The lowest BCUT2D eigenvalue weighted by atomic mass is 10.0. The minimum Gasteiger partial charge on any atom is -0.377 e. The molecule has 0 amide bonds. The quantitative estimate of drug-likeness (QED) is 0.497. The molecule has 0 rings (SSSR count). The third-order valence-corrected chi connectivity index (χ3v) is 0.589. The van der Waals surface area contributed by atoms with E-state index in [0.29, 0.717) is 0 Å². The standard InChI is InChI=1S/C5H10BFO/c1-4(2)8-3-5(6)7/h4-5H,3H2,1-2H3. The molecule has 0 aliphatic carbocycles. The van der Waals surface area contributed by atoms with E-state index in [4.69, 9.17) is 12.6 Å². The summed E-state index contributed by atoms with van der Waals surface area (Å²) in [6, 6.07) is 0. The molecule has 1 unspecified atom stereocenters. The maximum atomic E-state index is 11.7.